The zero-order chi connectivity index (χ0) is 27.0. The molecule has 37 heavy (non-hydrogen) atoms. The van der Waals surface area contributed by atoms with Crippen LogP contribution in [0.4, 0.5) is 5.82 Å². The van der Waals surface area contributed by atoms with E-state index in [1.54, 1.807) is 26.2 Å². The van der Waals surface area contributed by atoms with Crippen LogP contribution in [-0.4, -0.2) is 84.6 Å². The number of nitrogens with one attached hydrogen (secondary N) is 3. The highest BCUT2D eigenvalue weighted by Gasteiger charge is 2.50. The van der Waals surface area contributed by atoms with Gasteiger partial charge in [-0.15, -0.1) is 0 Å². The fourth-order valence-corrected chi connectivity index (χ4v) is 4.29. The number of amides is 2. The van der Waals surface area contributed by atoms with Crippen molar-refractivity contribution in [2.75, 3.05) is 31.0 Å². The lowest BCUT2D eigenvalue weighted by Crippen LogP contribution is -2.58. The third kappa shape index (κ3) is 7.63. The summed E-state index contributed by atoms with van der Waals surface area (Å²) in [7, 11) is 1.29. The van der Waals surface area contributed by atoms with E-state index >= 15 is 0 Å². The van der Waals surface area contributed by atoms with Gasteiger partial charge in [0.15, 0.2) is 17.9 Å². The Bertz CT molecular complexity index is 1090. The predicted molar refractivity (Wildman–Crippen MR) is 137 cm³/mol. The first-order chi connectivity index (χ1) is 17.7. The Morgan fingerprint density at radius 1 is 1.19 bits per heavy atom. The maximum Gasteiger partial charge on any atom is 0.246 e. The molecule has 0 spiro atoms. The summed E-state index contributed by atoms with van der Waals surface area (Å²) >= 11 is 1.34. The van der Waals surface area contributed by atoms with Crippen LogP contribution in [0.2, 0.25) is 0 Å². The maximum absolute atomic E-state index is 13.3. The number of rotatable bonds is 15. The number of nitrogens with zero attached hydrogens (tertiary/aromatic N) is 1. The highest BCUT2D eigenvalue weighted by molar-refractivity contribution is 7.98. The van der Waals surface area contributed by atoms with Crippen molar-refractivity contribution >= 4 is 41.5 Å². The van der Waals surface area contributed by atoms with Crippen LogP contribution in [0.15, 0.2) is 40.9 Å². The largest absolute Gasteiger partial charge is 0.371 e. The summed E-state index contributed by atoms with van der Waals surface area (Å²) in [5, 5.41) is 12.1. The van der Waals surface area contributed by atoms with E-state index in [0.717, 1.165) is 5.56 Å². The first kappa shape index (κ1) is 28.4. The van der Waals surface area contributed by atoms with Crippen molar-refractivity contribution in [3.8, 4) is 0 Å². The third-order valence-corrected chi connectivity index (χ3v) is 6.60. The number of epoxide rings is 1. The maximum atomic E-state index is 13.3. The molecule has 5 unspecified atom stereocenters. The predicted octanol–water partition coefficient (Wildman–Crippen LogP) is 0.911. The van der Waals surface area contributed by atoms with Gasteiger partial charge in [-0.25, -0.2) is 0 Å². The number of carbonyl (C=O) groups is 4. The molecule has 1 aliphatic heterocycles. The highest BCUT2D eigenvalue weighted by atomic mass is 32.2. The molecule has 11 nitrogen and oxygen atoms in total. The zero-order valence-corrected chi connectivity index (χ0v) is 22.0. The van der Waals surface area contributed by atoms with Crippen molar-refractivity contribution < 1.29 is 33.2 Å². The normalized spacial score (nSPS) is 19.7. The molecular weight excluding hydrogens is 500 g/mol. The smallest absolute Gasteiger partial charge is 0.246 e. The van der Waals surface area contributed by atoms with Gasteiger partial charge >= 0.3 is 0 Å². The number of methoxy groups -OCH3 is 1. The van der Waals surface area contributed by atoms with Crippen LogP contribution in [0.25, 0.3) is 0 Å². The number of anilines is 1. The van der Waals surface area contributed by atoms with Crippen molar-refractivity contribution in [1.82, 2.24) is 15.8 Å². The van der Waals surface area contributed by atoms with Crippen molar-refractivity contribution in [2.45, 2.75) is 50.1 Å². The molecule has 1 aliphatic rings. The summed E-state index contributed by atoms with van der Waals surface area (Å²) in [6.45, 7) is 3.66. The molecule has 5 atom stereocenters. The lowest BCUT2D eigenvalue weighted by atomic mass is 9.94. The number of hydrogen-bond acceptors (Lipinski definition) is 10. The van der Waals surface area contributed by atoms with Crippen LogP contribution < -0.4 is 16.0 Å². The molecule has 0 radical (unpaired) electrons. The van der Waals surface area contributed by atoms with E-state index in [4.69, 9.17) is 14.0 Å². The Hall–Kier alpha value is -3.22. The van der Waals surface area contributed by atoms with Gasteiger partial charge in [0.1, 0.15) is 29.5 Å². The minimum atomic E-state index is -1.19. The molecule has 0 bridgehead atoms. The Morgan fingerprint density at radius 3 is 2.41 bits per heavy atom. The van der Waals surface area contributed by atoms with E-state index in [0.29, 0.717) is 12.0 Å². The Labute approximate surface area is 219 Å². The number of aryl methyl sites for hydroxylation is 1. The molecule has 2 amide bonds. The topological polar surface area (TPSA) is 152 Å². The number of Topliss-reactive ketones (excluding diaryl/α,β-unsaturated/α-hetero) is 1. The fourth-order valence-electron chi connectivity index (χ4n) is 3.72. The third-order valence-electron chi connectivity index (χ3n) is 5.93. The van der Waals surface area contributed by atoms with Crippen molar-refractivity contribution in [3.05, 3.63) is 47.7 Å². The molecular formula is C25H32N4O7S. The molecule has 3 N–H and O–H groups in total. The van der Waals surface area contributed by atoms with E-state index in [9.17, 15) is 19.2 Å². The number of aldehydes is 1. The van der Waals surface area contributed by atoms with E-state index in [-0.39, 0.29) is 30.4 Å². The Balaban J connectivity index is 1.76. The second kappa shape index (κ2) is 12.8. The van der Waals surface area contributed by atoms with E-state index in [1.165, 1.54) is 18.9 Å². The van der Waals surface area contributed by atoms with Crippen molar-refractivity contribution in [3.63, 3.8) is 0 Å². The van der Waals surface area contributed by atoms with Gasteiger partial charge in [0.25, 0.3) is 0 Å². The van der Waals surface area contributed by atoms with Gasteiger partial charge in [0.2, 0.25) is 11.8 Å². The summed E-state index contributed by atoms with van der Waals surface area (Å²) in [5.74, 6) is -0.455. The molecule has 1 saturated heterocycles. The van der Waals surface area contributed by atoms with Gasteiger partial charge in [-0.3, -0.25) is 14.4 Å². The number of carbonyl (C=O) groups excluding carboxylic acids is 4. The first-order valence-corrected chi connectivity index (χ1v) is 13.1. The monoisotopic (exact) mass is 532 g/mol. The van der Waals surface area contributed by atoms with Crippen LogP contribution in [0.1, 0.15) is 18.2 Å². The quantitative estimate of drug-likeness (QED) is 0.223. The summed E-state index contributed by atoms with van der Waals surface area (Å²) in [5.41, 5.74) is -0.0670. The molecule has 3 rings (SSSR count). The molecule has 1 fully saturated rings. The zero-order valence-electron chi connectivity index (χ0n) is 21.2. The van der Waals surface area contributed by atoms with Gasteiger partial charge in [-0.05, 0) is 32.1 Å². The molecule has 2 aromatic rings. The van der Waals surface area contributed by atoms with Crippen LogP contribution in [0, 0.1) is 6.92 Å². The van der Waals surface area contributed by atoms with Crippen LogP contribution in [-0.2, 0) is 35.1 Å². The van der Waals surface area contributed by atoms with Gasteiger partial charge in [0, 0.05) is 18.9 Å². The van der Waals surface area contributed by atoms with E-state index in [1.807, 2.05) is 30.3 Å². The minimum absolute atomic E-state index is 0.228. The molecule has 200 valence electrons. The van der Waals surface area contributed by atoms with Crippen molar-refractivity contribution in [2.24, 2.45) is 0 Å². The van der Waals surface area contributed by atoms with Crippen LogP contribution in [0.5, 0.6) is 0 Å². The molecule has 12 heteroatoms. The summed E-state index contributed by atoms with van der Waals surface area (Å²) in [6.07, 6.45) is 1.39. The van der Waals surface area contributed by atoms with Gasteiger partial charge in [-0.1, -0.05) is 35.5 Å². The highest BCUT2D eigenvalue weighted by Crippen LogP contribution is 2.29. The lowest BCUT2D eigenvalue weighted by Gasteiger charge is -2.27. The molecule has 0 aliphatic carbocycles. The fraction of sp³-hybridized carbons (Fsp3) is 0.480. The average molecular weight is 533 g/mol. The average Bonchev–Trinajstić information content (AvgIpc) is 3.51. The number of ether oxygens (including phenoxy) is 2. The number of benzene rings is 1. The number of ketones is 1. The number of hydrogen-bond donors (Lipinski definition) is 3. The second-order valence-corrected chi connectivity index (χ2v) is 9.84. The van der Waals surface area contributed by atoms with Crippen LogP contribution in [0.3, 0.4) is 0 Å². The lowest BCUT2D eigenvalue weighted by molar-refractivity contribution is -0.134. The first-order valence-electron chi connectivity index (χ1n) is 11.7. The van der Waals surface area contributed by atoms with Crippen LogP contribution >= 0.6 is 11.8 Å². The standard InChI is InChI=1S/C25H32N4O7S/c1-15-10-20(29-36-15)28-21(19(12-30)34-3)24(33)27-18(13-37-4)23(32)26-17(22(31)25(2)14-35-25)11-16-8-6-5-7-9-16/h5-10,12,17-19,21H,11,13-14H2,1-4H3,(H,26,32)(H,27,33)(H,28,29). The molecule has 0 saturated carbocycles. The molecule has 1 aromatic carbocycles. The van der Waals surface area contributed by atoms with Crippen molar-refractivity contribution in [1.29, 1.82) is 0 Å². The second-order valence-electron chi connectivity index (χ2n) is 8.93. The van der Waals surface area contributed by atoms with Gasteiger partial charge in [0.05, 0.1) is 12.6 Å². The summed E-state index contributed by atoms with van der Waals surface area (Å²) in [4.78, 5) is 51.3. The SMILES string of the molecule is COC(C=O)C(Nc1cc(C)on1)C(=O)NC(CSC)C(=O)NC(Cc1ccccc1)C(=O)C1(C)CO1. The number of thioether (sulfide) groups is 1. The Morgan fingerprint density at radius 2 is 1.86 bits per heavy atom. The molecule has 2 heterocycles. The van der Waals surface area contributed by atoms with E-state index in [2.05, 4.69) is 21.1 Å². The summed E-state index contributed by atoms with van der Waals surface area (Å²) < 4.78 is 15.5. The minimum Gasteiger partial charge on any atom is -0.371 e. The van der Waals surface area contributed by atoms with Gasteiger partial charge < -0.3 is 34.7 Å². The van der Waals surface area contributed by atoms with Gasteiger partial charge in [-0.2, -0.15) is 11.8 Å². The molecule has 1 aromatic heterocycles. The number of aromatic nitrogens is 1. The summed E-state index contributed by atoms with van der Waals surface area (Å²) in [6, 6.07) is 7.85. The van der Waals surface area contributed by atoms with E-state index < -0.39 is 41.6 Å². The Kier molecular flexibility index (Phi) is 9.84.